The van der Waals surface area contributed by atoms with Gasteiger partial charge >= 0.3 is 0 Å². The van der Waals surface area contributed by atoms with Crippen molar-refractivity contribution < 1.29 is 12.9 Å². The molecule has 0 aliphatic carbocycles. The number of nitrogens with zero attached hydrogens (tertiary/aromatic N) is 5. The van der Waals surface area contributed by atoms with Crippen LogP contribution in [0.25, 0.3) is 33.7 Å². The number of rotatable bonds is 4. The zero-order valence-corrected chi connectivity index (χ0v) is 19.1. The molecule has 1 aliphatic rings. The quantitative estimate of drug-likeness (QED) is 0.485. The Morgan fingerprint density at radius 3 is 2.78 bits per heavy atom. The molecule has 0 saturated heterocycles. The topological polar surface area (TPSA) is 120 Å². The zero-order chi connectivity index (χ0) is 22.6. The highest BCUT2D eigenvalue weighted by molar-refractivity contribution is 7.86. The summed E-state index contributed by atoms with van der Waals surface area (Å²) < 4.78 is 32.1. The van der Waals surface area contributed by atoms with Crippen molar-refractivity contribution in [3.63, 3.8) is 0 Å². The van der Waals surface area contributed by atoms with E-state index in [1.165, 1.54) is 4.31 Å². The minimum atomic E-state index is -3.74. The lowest BCUT2D eigenvalue weighted by Gasteiger charge is -2.27. The molecule has 0 radical (unpaired) electrons. The second-order valence-electron chi connectivity index (χ2n) is 8.06. The maximum Gasteiger partial charge on any atom is 0.277 e. The molecule has 32 heavy (non-hydrogen) atoms. The number of hydrogen-bond acceptors (Lipinski definition) is 6. The van der Waals surface area contributed by atoms with Crippen molar-refractivity contribution in [2.24, 2.45) is 5.14 Å². The fourth-order valence-electron chi connectivity index (χ4n) is 4.09. The van der Waals surface area contributed by atoms with Gasteiger partial charge in [-0.25, -0.2) is 5.14 Å². The summed E-state index contributed by atoms with van der Waals surface area (Å²) in [4.78, 5) is 4.60. The molecule has 4 aromatic rings. The minimum absolute atomic E-state index is 0.181. The highest BCUT2D eigenvalue weighted by Crippen LogP contribution is 2.33. The van der Waals surface area contributed by atoms with Gasteiger partial charge in [0.25, 0.3) is 16.1 Å². The first-order valence-corrected chi connectivity index (χ1v) is 12.0. The molecular weight excluding hydrogens is 452 g/mol. The summed E-state index contributed by atoms with van der Waals surface area (Å²) in [7, 11) is -3.74. The number of benzene rings is 2. The zero-order valence-electron chi connectivity index (χ0n) is 17.5. The van der Waals surface area contributed by atoms with E-state index in [2.05, 4.69) is 15.2 Å². The summed E-state index contributed by atoms with van der Waals surface area (Å²) in [5.41, 5.74) is 4.37. The Hall–Kier alpha value is -2.79. The number of nitrogens with two attached hydrogens (primary N) is 1. The normalized spacial score (nSPS) is 14.9. The molecule has 2 aromatic carbocycles. The molecule has 0 saturated carbocycles. The second kappa shape index (κ2) is 7.66. The molecule has 3 heterocycles. The smallest absolute Gasteiger partial charge is 0.277 e. The Morgan fingerprint density at radius 2 is 2.03 bits per heavy atom. The van der Waals surface area contributed by atoms with Gasteiger partial charge in [0.2, 0.25) is 5.82 Å². The monoisotopic (exact) mass is 472 g/mol. The van der Waals surface area contributed by atoms with Crippen molar-refractivity contribution in [2.75, 3.05) is 6.54 Å². The second-order valence-corrected chi connectivity index (χ2v) is 9.96. The van der Waals surface area contributed by atoms with Crippen LogP contribution in [0.2, 0.25) is 5.15 Å². The number of aromatic nitrogens is 4. The first-order chi connectivity index (χ1) is 15.2. The van der Waals surface area contributed by atoms with Gasteiger partial charge in [0.1, 0.15) is 0 Å². The van der Waals surface area contributed by atoms with Gasteiger partial charge in [0.15, 0.2) is 5.15 Å². The van der Waals surface area contributed by atoms with Crippen molar-refractivity contribution in [3.05, 3.63) is 52.7 Å². The Kier molecular flexibility index (Phi) is 5.05. The molecule has 0 amide bonds. The van der Waals surface area contributed by atoms with Gasteiger partial charge in [-0.2, -0.15) is 22.8 Å². The average molecular weight is 473 g/mol. The molecule has 0 unspecified atom stereocenters. The third-order valence-electron chi connectivity index (χ3n) is 5.66. The molecule has 11 heteroatoms. The van der Waals surface area contributed by atoms with E-state index in [0.717, 1.165) is 33.2 Å². The summed E-state index contributed by atoms with van der Waals surface area (Å²) in [6.45, 7) is 4.62. The molecule has 0 bridgehead atoms. The molecular formula is C21H21ClN6O3S. The van der Waals surface area contributed by atoms with E-state index < -0.39 is 10.2 Å². The molecule has 0 spiro atoms. The molecule has 2 aromatic heterocycles. The van der Waals surface area contributed by atoms with Crippen molar-refractivity contribution in [1.82, 2.24) is 24.2 Å². The Morgan fingerprint density at radius 1 is 1.22 bits per heavy atom. The molecule has 166 valence electrons. The van der Waals surface area contributed by atoms with Crippen LogP contribution >= 0.6 is 11.6 Å². The Labute approximate surface area is 190 Å². The van der Waals surface area contributed by atoms with Gasteiger partial charge < -0.3 is 4.52 Å². The van der Waals surface area contributed by atoms with E-state index in [0.29, 0.717) is 29.8 Å². The van der Waals surface area contributed by atoms with Crippen LogP contribution < -0.4 is 5.14 Å². The highest BCUT2D eigenvalue weighted by atomic mass is 35.5. The highest BCUT2D eigenvalue weighted by Gasteiger charge is 2.26. The summed E-state index contributed by atoms with van der Waals surface area (Å²) >= 11 is 6.35. The summed E-state index contributed by atoms with van der Waals surface area (Å²) in [5.74, 6) is 0.819. The summed E-state index contributed by atoms with van der Waals surface area (Å²) in [6, 6.07) is 11.6. The fraction of sp³-hybridized carbons (Fsp3) is 0.286. The number of fused-ring (bicyclic) bond motifs is 2. The lowest BCUT2D eigenvalue weighted by atomic mass is 9.95. The average Bonchev–Trinajstić information content (AvgIpc) is 3.37. The maximum atomic E-state index is 11.7. The van der Waals surface area contributed by atoms with E-state index in [1.807, 2.05) is 54.9 Å². The van der Waals surface area contributed by atoms with Gasteiger partial charge in [0.05, 0.1) is 5.52 Å². The molecule has 9 nitrogen and oxygen atoms in total. The standard InChI is InChI=1S/C21H21ClN6O3S/c1-12(2)28-18-7-6-13(10-17(18)19(22)25-28)21-24-20(26-31-21)16-5-3-4-14-11-27(32(23,29)30)9-8-15(14)16/h3-7,10,12H,8-9,11H2,1-2H3,(H2,23,29,30). The van der Waals surface area contributed by atoms with E-state index in [1.54, 1.807) is 0 Å². The van der Waals surface area contributed by atoms with Crippen LogP contribution in [0.5, 0.6) is 0 Å². The molecule has 1 aliphatic heterocycles. The van der Waals surface area contributed by atoms with Crippen LogP contribution in [-0.2, 0) is 23.2 Å². The van der Waals surface area contributed by atoms with E-state index >= 15 is 0 Å². The molecule has 0 atom stereocenters. The van der Waals surface area contributed by atoms with Crippen LogP contribution in [0.15, 0.2) is 40.9 Å². The van der Waals surface area contributed by atoms with Crippen LogP contribution in [0, 0.1) is 0 Å². The van der Waals surface area contributed by atoms with E-state index in [4.69, 9.17) is 21.3 Å². The largest absolute Gasteiger partial charge is 0.334 e. The van der Waals surface area contributed by atoms with Crippen LogP contribution in [-0.4, -0.2) is 39.2 Å². The third kappa shape index (κ3) is 3.58. The van der Waals surface area contributed by atoms with E-state index in [9.17, 15) is 8.42 Å². The van der Waals surface area contributed by atoms with Crippen molar-refractivity contribution in [1.29, 1.82) is 0 Å². The number of hydrogen-bond donors (Lipinski definition) is 1. The number of halogens is 1. The van der Waals surface area contributed by atoms with Gasteiger partial charge in [-0.1, -0.05) is 35.0 Å². The maximum absolute atomic E-state index is 11.7. The van der Waals surface area contributed by atoms with Gasteiger partial charge in [-0.3, -0.25) is 4.68 Å². The summed E-state index contributed by atoms with van der Waals surface area (Å²) in [5, 5.41) is 15.1. The predicted octanol–water partition coefficient (Wildman–Crippen LogP) is 3.55. The van der Waals surface area contributed by atoms with Crippen LogP contribution in [0.1, 0.15) is 31.0 Å². The van der Waals surface area contributed by atoms with Crippen molar-refractivity contribution in [2.45, 2.75) is 32.9 Å². The molecule has 0 fully saturated rings. The SMILES string of the molecule is CC(C)n1nc(Cl)c2cc(-c3nc(-c4cccc5c4CCN(S(N)(=O)=O)C5)no3)ccc21. The lowest BCUT2D eigenvalue weighted by molar-refractivity contribution is 0.392. The van der Waals surface area contributed by atoms with Crippen LogP contribution in [0.3, 0.4) is 0 Å². The fourth-order valence-corrected chi connectivity index (χ4v) is 4.99. The molecule has 5 rings (SSSR count). The minimum Gasteiger partial charge on any atom is -0.334 e. The van der Waals surface area contributed by atoms with Gasteiger partial charge in [0, 0.05) is 35.6 Å². The lowest BCUT2D eigenvalue weighted by Crippen LogP contribution is -2.40. The van der Waals surface area contributed by atoms with Crippen molar-refractivity contribution >= 4 is 32.7 Å². The summed E-state index contributed by atoms with van der Waals surface area (Å²) in [6.07, 6.45) is 0.516. The Balaban J connectivity index is 1.51. The first-order valence-electron chi connectivity index (χ1n) is 10.1. The first kappa shape index (κ1) is 21.1. The van der Waals surface area contributed by atoms with Crippen molar-refractivity contribution in [3.8, 4) is 22.8 Å². The predicted molar refractivity (Wildman–Crippen MR) is 121 cm³/mol. The van der Waals surface area contributed by atoms with Gasteiger partial charge in [-0.05, 0) is 49.6 Å². The van der Waals surface area contributed by atoms with Gasteiger partial charge in [-0.15, -0.1) is 0 Å². The van der Waals surface area contributed by atoms with E-state index in [-0.39, 0.29) is 12.6 Å². The third-order valence-corrected chi connectivity index (χ3v) is 6.97. The Bertz CT molecular complexity index is 1440. The van der Waals surface area contributed by atoms with Crippen LogP contribution in [0.4, 0.5) is 0 Å². The molecule has 2 N–H and O–H groups in total.